The molecule has 1 atom stereocenters. The van der Waals surface area contributed by atoms with Crippen molar-refractivity contribution in [2.24, 2.45) is 0 Å². The summed E-state index contributed by atoms with van der Waals surface area (Å²) in [6, 6.07) is 0.858. The summed E-state index contributed by atoms with van der Waals surface area (Å²) >= 11 is 2.17. The van der Waals surface area contributed by atoms with Crippen LogP contribution in [0.3, 0.4) is 0 Å². The number of hydrogen-bond acceptors (Lipinski definition) is 4. The molecular formula is C15H29N3S. The van der Waals surface area contributed by atoms with Crippen LogP contribution in [0.5, 0.6) is 0 Å². The van der Waals surface area contributed by atoms with Crippen molar-refractivity contribution < 1.29 is 0 Å². The van der Waals surface area contributed by atoms with E-state index >= 15 is 0 Å². The lowest BCUT2D eigenvalue weighted by atomic mass is 9.86. The lowest BCUT2D eigenvalue weighted by molar-refractivity contribution is 0.0539. The summed E-state index contributed by atoms with van der Waals surface area (Å²) < 4.78 is 0. The average molecular weight is 283 g/mol. The van der Waals surface area contributed by atoms with E-state index in [1.165, 1.54) is 76.3 Å². The molecule has 3 heterocycles. The zero-order chi connectivity index (χ0) is 13.1. The molecule has 3 aliphatic rings. The molecule has 3 rings (SSSR count). The predicted molar refractivity (Wildman–Crippen MR) is 84.0 cm³/mol. The third-order valence-electron chi connectivity index (χ3n) is 5.43. The van der Waals surface area contributed by atoms with Crippen LogP contribution in [0.4, 0.5) is 0 Å². The minimum atomic E-state index is 0.462. The van der Waals surface area contributed by atoms with Crippen molar-refractivity contribution in [3.63, 3.8) is 0 Å². The summed E-state index contributed by atoms with van der Waals surface area (Å²) in [4.78, 5) is 5.53. The van der Waals surface area contributed by atoms with E-state index in [0.29, 0.717) is 5.54 Å². The van der Waals surface area contributed by atoms with Gasteiger partial charge in [-0.2, -0.15) is 11.8 Å². The second-order valence-corrected chi connectivity index (χ2v) is 7.74. The third kappa shape index (κ3) is 3.12. The Kier molecular flexibility index (Phi) is 4.73. The molecule has 3 aliphatic heterocycles. The smallest absolute Gasteiger partial charge is 0.0357 e. The zero-order valence-corrected chi connectivity index (χ0v) is 13.2. The Morgan fingerprint density at radius 3 is 2.74 bits per heavy atom. The van der Waals surface area contributed by atoms with E-state index in [1.807, 2.05) is 0 Å². The predicted octanol–water partition coefficient (Wildman–Crippen LogP) is 1.64. The van der Waals surface area contributed by atoms with Crippen LogP contribution in [0.1, 0.15) is 32.1 Å². The molecule has 1 spiro atoms. The van der Waals surface area contributed by atoms with Crippen molar-refractivity contribution in [1.82, 2.24) is 15.1 Å². The maximum atomic E-state index is 3.54. The Labute approximate surface area is 122 Å². The van der Waals surface area contributed by atoms with Crippen LogP contribution in [0.15, 0.2) is 0 Å². The Hall–Kier alpha value is 0.230. The van der Waals surface area contributed by atoms with Crippen molar-refractivity contribution in [2.45, 2.75) is 43.7 Å². The monoisotopic (exact) mass is 283 g/mol. The van der Waals surface area contributed by atoms with Crippen molar-refractivity contribution in [1.29, 1.82) is 0 Å². The number of thioether (sulfide) groups is 1. The third-order valence-corrected chi connectivity index (χ3v) is 6.63. The van der Waals surface area contributed by atoms with Crippen LogP contribution < -0.4 is 5.32 Å². The first kappa shape index (κ1) is 14.2. The van der Waals surface area contributed by atoms with Gasteiger partial charge in [-0.3, -0.25) is 9.80 Å². The van der Waals surface area contributed by atoms with Crippen molar-refractivity contribution in [3.05, 3.63) is 0 Å². The molecule has 3 nitrogen and oxygen atoms in total. The van der Waals surface area contributed by atoms with Crippen molar-refractivity contribution in [3.8, 4) is 0 Å². The Bertz CT molecular complexity index is 285. The number of nitrogens with one attached hydrogen (secondary N) is 1. The maximum Gasteiger partial charge on any atom is 0.0357 e. The molecule has 3 saturated heterocycles. The normalized spacial score (nSPS) is 34.3. The van der Waals surface area contributed by atoms with E-state index in [-0.39, 0.29) is 0 Å². The lowest BCUT2D eigenvalue weighted by Gasteiger charge is -2.47. The maximum absolute atomic E-state index is 3.54. The number of nitrogens with zero attached hydrogens (tertiary/aromatic N) is 2. The van der Waals surface area contributed by atoms with E-state index in [1.54, 1.807) is 0 Å². The fourth-order valence-electron chi connectivity index (χ4n) is 4.08. The minimum absolute atomic E-state index is 0.462. The standard InChI is InChI=1S/C15H29N3S/c1-17-9-3-10-18(14-4-2-11-19-12-14)13-15(17)5-7-16-8-6-15/h14,16H,2-13H2,1H3/t14-/m0/s1. The second kappa shape index (κ2) is 6.33. The molecule has 0 aromatic heterocycles. The highest BCUT2D eigenvalue weighted by Gasteiger charge is 2.40. The molecular weight excluding hydrogens is 254 g/mol. The van der Waals surface area contributed by atoms with Gasteiger partial charge in [-0.05, 0) is 71.1 Å². The summed E-state index contributed by atoms with van der Waals surface area (Å²) in [5, 5.41) is 3.54. The Morgan fingerprint density at radius 2 is 2.00 bits per heavy atom. The highest BCUT2D eigenvalue weighted by molar-refractivity contribution is 7.99. The summed E-state index contributed by atoms with van der Waals surface area (Å²) in [5.74, 6) is 2.76. The lowest BCUT2D eigenvalue weighted by Crippen LogP contribution is -2.58. The van der Waals surface area contributed by atoms with E-state index in [2.05, 4.69) is 33.9 Å². The number of hydrogen-bond donors (Lipinski definition) is 1. The largest absolute Gasteiger partial charge is 0.317 e. The molecule has 110 valence electrons. The van der Waals surface area contributed by atoms with Gasteiger partial charge in [-0.15, -0.1) is 0 Å². The van der Waals surface area contributed by atoms with Crippen LogP contribution in [0, 0.1) is 0 Å². The van der Waals surface area contributed by atoms with E-state index < -0.39 is 0 Å². The summed E-state index contributed by atoms with van der Waals surface area (Å²) in [6.07, 6.45) is 6.88. The molecule has 0 radical (unpaired) electrons. The van der Waals surface area contributed by atoms with Gasteiger partial charge < -0.3 is 5.32 Å². The van der Waals surface area contributed by atoms with Crippen LogP contribution in [-0.4, -0.2) is 72.7 Å². The summed E-state index contributed by atoms with van der Waals surface area (Å²) in [7, 11) is 2.37. The van der Waals surface area contributed by atoms with E-state index in [4.69, 9.17) is 0 Å². The Balaban J connectivity index is 1.71. The van der Waals surface area contributed by atoms with Crippen LogP contribution in [0.25, 0.3) is 0 Å². The highest BCUT2D eigenvalue weighted by Crippen LogP contribution is 2.32. The molecule has 1 N–H and O–H groups in total. The van der Waals surface area contributed by atoms with Gasteiger partial charge in [0.25, 0.3) is 0 Å². The van der Waals surface area contributed by atoms with Gasteiger partial charge in [-0.1, -0.05) is 0 Å². The Morgan fingerprint density at radius 1 is 1.16 bits per heavy atom. The van der Waals surface area contributed by atoms with Crippen molar-refractivity contribution in [2.75, 3.05) is 51.3 Å². The van der Waals surface area contributed by atoms with Gasteiger partial charge in [0.2, 0.25) is 0 Å². The first-order valence-electron chi connectivity index (χ1n) is 8.04. The van der Waals surface area contributed by atoms with Gasteiger partial charge in [0.1, 0.15) is 0 Å². The van der Waals surface area contributed by atoms with E-state index in [9.17, 15) is 0 Å². The van der Waals surface area contributed by atoms with Gasteiger partial charge in [-0.25, -0.2) is 0 Å². The topological polar surface area (TPSA) is 18.5 Å². The average Bonchev–Trinajstić information content (AvgIpc) is 2.62. The minimum Gasteiger partial charge on any atom is -0.317 e. The number of likely N-dealkylation sites (N-methyl/N-ethyl adjacent to an activating group) is 1. The number of rotatable bonds is 1. The summed E-state index contributed by atoms with van der Waals surface area (Å²) in [6.45, 7) is 6.34. The first-order chi connectivity index (χ1) is 9.30. The molecule has 3 fully saturated rings. The van der Waals surface area contributed by atoms with Crippen LogP contribution >= 0.6 is 11.8 Å². The van der Waals surface area contributed by atoms with Gasteiger partial charge in [0.15, 0.2) is 0 Å². The molecule has 0 aliphatic carbocycles. The highest BCUT2D eigenvalue weighted by atomic mass is 32.2. The zero-order valence-electron chi connectivity index (χ0n) is 12.4. The first-order valence-corrected chi connectivity index (χ1v) is 9.19. The fourth-order valence-corrected chi connectivity index (χ4v) is 5.27. The van der Waals surface area contributed by atoms with Gasteiger partial charge >= 0.3 is 0 Å². The molecule has 4 heteroatoms. The molecule has 0 aromatic rings. The van der Waals surface area contributed by atoms with Crippen LogP contribution in [0.2, 0.25) is 0 Å². The fraction of sp³-hybridized carbons (Fsp3) is 1.00. The second-order valence-electron chi connectivity index (χ2n) is 6.59. The molecule has 0 bridgehead atoms. The molecule has 0 amide bonds. The van der Waals surface area contributed by atoms with Crippen LogP contribution in [-0.2, 0) is 0 Å². The van der Waals surface area contributed by atoms with Gasteiger partial charge in [0, 0.05) is 23.9 Å². The summed E-state index contributed by atoms with van der Waals surface area (Å²) in [5.41, 5.74) is 0.462. The molecule has 0 aromatic carbocycles. The quantitative estimate of drug-likeness (QED) is 0.788. The van der Waals surface area contributed by atoms with Gasteiger partial charge in [0.05, 0.1) is 0 Å². The molecule has 0 saturated carbocycles. The molecule has 0 unspecified atom stereocenters. The van der Waals surface area contributed by atoms with Crippen molar-refractivity contribution >= 4 is 11.8 Å². The molecule has 19 heavy (non-hydrogen) atoms. The SMILES string of the molecule is CN1CCCN([C@H]2CCCSC2)CC12CCNCC2. The van der Waals surface area contributed by atoms with E-state index in [0.717, 1.165) is 6.04 Å². The number of piperidine rings is 1.